The highest BCUT2D eigenvalue weighted by molar-refractivity contribution is 5.78. The summed E-state index contributed by atoms with van der Waals surface area (Å²) < 4.78 is 10.5. The van der Waals surface area contributed by atoms with Gasteiger partial charge >= 0.3 is 5.97 Å². The molecular weight excluding hydrogens is 204 g/mol. The summed E-state index contributed by atoms with van der Waals surface area (Å²) in [5.74, 6) is 0.412. The minimum Gasteiger partial charge on any atom is -0.459 e. The van der Waals surface area contributed by atoms with Crippen LogP contribution in [0.2, 0.25) is 0 Å². The van der Waals surface area contributed by atoms with Crippen LogP contribution < -0.4 is 0 Å². The molecule has 1 aromatic rings. The lowest BCUT2D eigenvalue weighted by Gasteiger charge is -2.02. The van der Waals surface area contributed by atoms with Gasteiger partial charge in [-0.15, -0.1) is 0 Å². The van der Waals surface area contributed by atoms with Crippen molar-refractivity contribution < 1.29 is 14.3 Å². The topological polar surface area (TPSA) is 38.8 Å². The zero-order chi connectivity index (χ0) is 11.0. The number of carbonyl (C=O) groups is 1. The van der Waals surface area contributed by atoms with Gasteiger partial charge < -0.3 is 9.47 Å². The van der Waals surface area contributed by atoms with Gasteiger partial charge in [0.05, 0.1) is 6.10 Å². The van der Waals surface area contributed by atoms with E-state index in [0.29, 0.717) is 12.5 Å². The lowest BCUT2D eigenvalue weighted by molar-refractivity contribution is -0.146. The molecule has 0 unspecified atom stereocenters. The molecule has 0 radical (unpaired) electrons. The van der Waals surface area contributed by atoms with Crippen molar-refractivity contribution >= 4 is 5.97 Å². The van der Waals surface area contributed by atoms with Crippen LogP contribution >= 0.6 is 0 Å². The number of ether oxygens (including phenoxy) is 2. The average molecular weight is 218 g/mol. The third-order valence-corrected chi connectivity index (χ3v) is 3.07. The van der Waals surface area contributed by atoms with Crippen LogP contribution in [0, 0.1) is 5.92 Å². The summed E-state index contributed by atoms with van der Waals surface area (Å²) in [5, 5.41) is 0. The first-order chi connectivity index (χ1) is 7.84. The maximum absolute atomic E-state index is 11.6. The summed E-state index contributed by atoms with van der Waals surface area (Å²) in [6.07, 6.45) is 2.28. The molecule has 1 aliphatic heterocycles. The number of rotatable bonds is 4. The molecule has 16 heavy (non-hydrogen) atoms. The number of epoxide rings is 1. The molecule has 1 aliphatic carbocycles. The fourth-order valence-corrected chi connectivity index (χ4v) is 1.91. The van der Waals surface area contributed by atoms with Gasteiger partial charge in [0.2, 0.25) is 0 Å². The van der Waals surface area contributed by atoms with Crippen molar-refractivity contribution in [2.24, 2.45) is 5.92 Å². The molecule has 1 heterocycles. The van der Waals surface area contributed by atoms with Crippen molar-refractivity contribution in [3.05, 3.63) is 35.9 Å². The normalized spacial score (nSPS) is 27.5. The lowest BCUT2D eigenvalue weighted by Crippen LogP contribution is -2.14. The first-order valence-corrected chi connectivity index (χ1v) is 5.70. The molecule has 1 aromatic carbocycles. The van der Waals surface area contributed by atoms with Gasteiger partial charge in [-0.1, -0.05) is 30.3 Å². The predicted octanol–water partition coefficient (Wildman–Crippen LogP) is 1.91. The summed E-state index contributed by atoms with van der Waals surface area (Å²) >= 11 is 0. The number of carbonyl (C=O) groups excluding carboxylic acids is 1. The van der Waals surface area contributed by atoms with Crippen LogP contribution in [0.1, 0.15) is 18.4 Å². The van der Waals surface area contributed by atoms with Crippen LogP contribution in [-0.2, 0) is 20.9 Å². The van der Waals surface area contributed by atoms with Gasteiger partial charge in [0.1, 0.15) is 6.61 Å². The standard InChI is InChI=1S/C13H14O3/c14-13(12-11(16-12)10-6-7-10)15-8-9-4-2-1-3-5-9/h1-5,10-12H,6-8H2/t11-,12-/m1/s1. The van der Waals surface area contributed by atoms with Gasteiger partial charge in [-0.3, -0.25) is 0 Å². The SMILES string of the molecule is O=C(OCc1ccccc1)[C@@H]1O[C@@H]1C1CC1. The first kappa shape index (κ1) is 9.85. The summed E-state index contributed by atoms with van der Waals surface area (Å²) in [6, 6.07) is 9.70. The molecule has 0 N–H and O–H groups in total. The van der Waals surface area contributed by atoms with E-state index < -0.39 is 0 Å². The highest BCUT2D eigenvalue weighted by atomic mass is 16.6. The molecule has 84 valence electrons. The molecule has 1 saturated carbocycles. The van der Waals surface area contributed by atoms with Gasteiger partial charge in [0.25, 0.3) is 0 Å². The molecule has 2 atom stereocenters. The monoisotopic (exact) mass is 218 g/mol. The predicted molar refractivity (Wildman–Crippen MR) is 57.6 cm³/mol. The molecule has 2 fully saturated rings. The summed E-state index contributed by atoms with van der Waals surface area (Å²) in [5.41, 5.74) is 1.01. The van der Waals surface area contributed by atoms with Crippen LogP contribution in [0.25, 0.3) is 0 Å². The fourth-order valence-electron chi connectivity index (χ4n) is 1.91. The van der Waals surface area contributed by atoms with Gasteiger partial charge in [0.15, 0.2) is 6.10 Å². The summed E-state index contributed by atoms with van der Waals surface area (Å²) in [6.45, 7) is 0.344. The number of benzene rings is 1. The van der Waals surface area contributed by atoms with Crippen molar-refractivity contribution in [2.45, 2.75) is 31.7 Å². The van der Waals surface area contributed by atoms with Crippen molar-refractivity contribution in [3.63, 3.8) is 0 Å². The largest absolute Gasteiger partial charge is 0.459 e. The van der Waals surface area contributed by atoms with Crippen LogP contribution in [0.4, 0.5) is 0 Å². The molecule has 3 rings (SSSR count). The number of hydrogen-bond acceptors (Lipinski definition) is 3. The Morgan fingerprint density at radius 1 is 1.31 bits per heavy atom. The van der Waals surface area contributed by atoms with E-state index in [-0.39, 0.29) is 18.2 Å². The van der Waals surface area contributed by atoms with E-state index in [4.69, 9.17) is 9.47 Å². The van der Waals surface area contributed by atoms with E-state index in [1.807, 2.05) is 30.3 Å². The van der Waals surface area contributed by atoms with Crippen molar-refractivity contribution in [2.75, 3.05) is 0 Å². The fraction of sp³-hybridized carbons (Fsp3) is 0.462. The molecule has 1 saturated heterocycles. The highest BCUT2D eigenvalue weighted by Crippen LogP contribution is 2.44. The molecule has 0 aromatic heterocycles. The van der Waals surface area contributed by atoms with E-state index in [1.54, 1.807) is 0 Å². The molecule has 3 nitrogen and oxygen atoms in total. The maximum Gasteiger partial charge on any atom is 0.338 e. The minimum absolute atomic E-state index is 0.156. The second kappa shape index (κ2) is 3.91. The Morgan fingerprint density at radius 2 is 2.06 bits per heavy atom. The third-order valence-electron chi connectivity index (χ3n) is 3.07. The Labute approximate surface area is 94.4 Å². The smallest absolute Gasteiger partial charge is 0.338 e. The zero-order valence-corrected chi connectivity index (χ0v) is 8.96. The van der Waals surface area contributed by atoms with E-state index in [0.717, 1.165) is 5.56 Å². The van der Waals surface area contributed by atoms with Crippen LogP contribution in [0.3, 0.4) is 0 Å². The summed E-state index contributed by atoms with van der Waals surface area (Å²) in [4.78, 5) is 11.6. The Balaban J connectivity index is 1.47. The van der Waals surface area contributed by atoms with E-state index in [2.05, 4.69) is 0 Å². The molecule has 3 heteroatoms. The second-order valence-corrected chi connectivity index (χ2v) is 4.45. The first-order valence-electron chi connectivity index (χ1n) is 5.70. The molecule has 0 spiro atoms. The van der Waals surface area contributed by atoms with E-state index in [1.165, 1.54) is 12.8 Å². The van der Waals surface area contributed by atoms with E-state index >= 15 is 0 Å². The quantitative estimate of drug-likeness (QED) is 0.572. The Morgan fingerprint density at radius 3 is 2.75 bits per heavy atom. The third kappa shape index (κ3) is 2.09. The minimum atomic E-state index is -0.281. The molecule has 2 aliphatic rings. The Hall–Kier alpha value is -1.35. The van der Waals surface area contributed by atoms with E-state index in [9.17, 15) is 4.79 Å². The second-order valence-electron chi connectivity index (χ2n) is 4.45. The molecule has 0 amide bonds. The molecule has 0 bridgehead atoms. The van der Waals surface area contributed by atoms with Crippen LogP contribution in [0.15, 0.2) is 30.3 Å². The Kier molecular flexibility index (Phi) is 2.40. The van der Waals surface area contributed by atoms with Crippen molar-refractivity contribution in [1.82, 2.24) is 0 Å². The number of hydrogen-bond donors (Lipinski definition) is 0. The van der Waals surface area contributed by atoms with Gasteiger partial charge in [-0.2, -0.15) is 0 Å². The molecular formula is C13H14O3. The summed E-state index contributed by atoms with van der Waals surface area (Å²) in [7, 11) is 0. The van der Waals surface area contributed by atoms with Gasteiger partial charge in [-0.05, 0) is 24.3 Å². The van der Waals surface area contributed by atoms with Crippen molar-refractivity contribution in [3.8, 4) is 0 Å². The van der Waals surface area contributed by atoms with Gasteiger partial charge in [0, 0.05) is 0 Å². The lowest BCUT2D eigenvalue weighted by atomic mass is 10.2. The van der Waals surface area contributed by atoms with Gasteiger partial charge in [-0.25, -0.2) is 4.79 Å². The average Bonchev–Trinajstić information content (AvgIpc) is 3.18. The zero-order valence-electron chi connectivity index (χ0n) is 8.96. The Bertz CT molecular complexity index is 383. The van der Waals surface area contributed by atoms with Crippen molar-refractivity contribution in [1.29, 1.82) is 0 Å². The highest BCUT2D eigenvalue weighted by Gasteiger charge is 2.54. The number of esters is 1. The maximum atomic E-state index is 11.6. The van der Waals surface area contributed by atoms with Crippen LogP contribution in [-0.4, -0.2) is 18.2 Å². The van der Waals surface area contributed by atoms with Crippen LogP contribution in [0.5, 0.6) is 0 Å².